The summed E-state index contributed by atoms with van der Waals surface area (Å²) in [6.45, 7) is 14.4. The van der Waals surface area contributed by atoms with Crippen LogP contribution < -0.4 is 5.32 Å². The standard InChI is InChI=1S/C23H46O2.C6H13N/c1-6-7-8-9-10-11-12-13-14-16-19-23(4,5)20-17-15-18-22(24)25-21(2)3;1-6-4-2-3-5-7-6/h21H,6-20H2,1-5H3;6-7H,2-5H2,1H3. The molecule has 3 nitrogen and oxygen atoms in total. The van der Waals surface area contributed by atoms with Gasteiger partial charge in [-0.1, -0.05) is 97.8 Å². The van der Waals surface area contributed by atoms with Crippen molar-refractivity contribution in [2.75, 3.05) is 6.54 Å². The minimum absolute atomic E-state index is 0.0141. The zero-order valence-corrected chi connectivity index (χ0v) is 22.9. The van der Waals surface area contributed by atoms with Gasteiger partial charge in [0.1, 0.15) is 0 Å². The van der Waals surface area contributed by atoms with Crippen molar-refractivity contribution in [1.82, 2.24) is 5.32 Å². The normalized spacial score (nSPS) is 16.5. The molecule has 0 amide bonds. The van der Waals surface area contributed by atoms with E-state index in [1.165, 1.54) is 103 Å². The number of piperidine rings is 1. The summed E-state index contributed by atoms with van der Waals surface area (Å²) in [6, 6.07) is 0.786. The lowest BCUT2D eigenvalue weighted by Gasteiger charge is -2.24. The number of unbranched alkanes of at least 4 members (excludes halogenated alkanes) is 10. The van der Waals surface area contributed by atoms with E-state index in [0.29, 0.717) is 11.8 Å². The first-order valence-electron chi connectivity index (χ1n) is 14.2. The molecule has 1 aliphatic heterocycles. The van der Waals surface area contributed by atoms with Crippen LogP contribution in [0.4, 0.5) is 0 Å². The molecule has 0 aromatic carbocycles. The van der Waals surface area contributed by atoms with Crippen molar-refractivity contribution in [1.29, 1.82) is 0 Å². The second-order valence-corrected chi connectivity index (χ2v) is 11.2. The summed E-state index contributed by atoms with van der Waals surface area (Å²) in [4.78, 5) is 11.5. The average Bonchev–Trinajstić information content (AvgIpc) is 2.73. The molecule has 1 fully saturated rings. The molecule has 1 saturated heterocycles. The molecule has 0 aromatic heterocycles. The number of hydrogen-bond donors (Lipinski definition) is 1. The molecule has 1 atom stereocenters. The quantitative estimate of drug-likeness (QED) is 0.176. The molecule has 0 aromatic rings. The van der Waals surface area contributed by atoms with Gasteiger partial charge in [0.25, 0.3) is 0 Å². The van der Waals surface area contributed by atoms with Gasteiger partial charge < -0.3 is 10.1 Å². The number of hydrogen-bond acceptors (Lipinski definition) is 3. The molecule has 192 valence electrons. The van der Waals surface area contributed by atoms with E-state index in [4.69, 9.17) is 4.74 Å². The van der Waals surface area contributed by atoms with Gasteiger partial charge in [-0.25, -0.2) is 0 Å². The third kappa shape index (κ3) is 22.6. The van der Waals surface area contributed by atoms with E-state index in [1.807, 2.05) is 13.8 Å². The van der Waals surface area contributed by atoms with Crippen LogP contribution >= 0.6 is 0 Å². The molecule has 1 unspecified atom stereocenters. The van der Waals surface area contributed by atoms with Crippen molar-refractivity contribution in [2.24, 2.45) is 5.41 Å². The topological polar surface area (TPSA) is 38.3 Å². The lowest BCUT2D eigenvalue weighted by atomic mass is 9.82. The number of rotatable bonds is 17. The largest absolute Gasteiger partial charge is 0.463 e. The third-order valence-electron chi connectivity index (χ3n) is 6.62. The molecule has 0 saturated carbocycles. The highest BCUT2D eigenvalue weighted by Gasteiger charge is 2.17. The zero-order chi connectivity index (χ0) is 24.1. The molecular weight excluding hydrogens is 394 g/mol. The van der Waals surface area contributed by atoms with Crippen molar-refractivity contribution < 1.29 is 9.53 Å². The van der Waals surface area contributed by atoms with Gasteiger partial charge in [-0.15, -0.1) is 0 Å². The highest BCUT2D eigenvalue weighted by Crippen LogP contribution is 2.30. The highest BCUT2D eigenvalue weighted by atomic mass is 16.5. The molecule has 0 spiro atoms. The van der Waals surface area contributed by atoms with Gasteiger partial charge in [0, 0.05) is 12.5 Å². The number of ether oxygens (including phenoxy) is 1. The summed E-state index contributed by atoms with van der Waals surface area (Å²) in [5.74, 6) is -0.0394. The van der Waals surface area contributed by atoms with Gasteiger partial charge in [-0.2, -0.15) is 0 Å². The zero-order valence-electron chi connectivity index (χ0n) is 22.9. The predicted molar refractivity (Wildman–Crippen MR) is 141 cm³/mol. The monoisotopic (exact) mass is 453 g/mol. The average molecular weight is 454 g/mol. The summed E-state index contributed by atoms with van der Waals surface area (Å²) in [5.41, 5.74) is 0.419. The summed E-state index contributed by atoms with van der Waals surface area (Å²) in [6.07, 6.45) is 23.5. The Bertz CT molecular complexity index is 413. The van der Waals surface area contributed by atoms with Gasteiger partial charge in [-0.05, 0) is 64.8 Å². The third-order valence-corrected chi connectivity index (χ3v) is 6.62. The van der Waals surface area contributed by atoms with Crippen LogP contribution in [0.15, 0.2) is 0 Å². The Balaban J connectivity index is 0.00000115. The number of carbonyl (C=O) groups is 1. The van der Waals surface area contributed by atoms with E-state index in [2.05, 4.69) is 33.0 Å². The summed E-state index contributed by atoms with van der Waals surface area (Å²) in [7, 11) is 0. The number of nitrogens with one attached hydrogen (secondary N) is 1. The molecule has 1 rings (SSSR count). The van der Waals surface area contributed by atoms with Crippen molar-refractivity contribution in [3.05, 3.63) is 0 Å². The number of esters is 1. The van der Waals surface area contributed by atoms with E-state index in [-0.39, 0.29) is 12.1 Å². The lowest BCUT2D eigenvalue weighted by molar-refractivity contribution is -0.147. The van der Waals surface area contributed by atoms with Crippen LogP contribution in [-0.2, 0) is 9.53 Å². The van der Waals surface area contributed by atoms with Crippen LogP contribution in [0.2, 0.25) is 0 Å². The second kappa shape index (κ2) is 21.0. The fourth-order valence-electron chi connectivity index (χ4n) is 4.44. The molecule has 0 radical (unpaired) electrons. The lowest BCUT2D eigenvalue weighted by Crippen LogP contribution is -2.30. The van der Waals surface area contributed by atoms with E-state index in [9.17, 15) is 4.79 Å². The SMILES string of the molecule is CC1CCCCN1.CCCCCCCCCCCCC(C)(C)CCCCC(=O)OC(C)C. The van der Waals surface area contributed by atoms with Gasteiger partial charge in [-0.3, -0.25) is 4.79 Å². The smallest absolute Gasteiger partial charge is 0.306 e. The first kappa shape index (κ1) is 31.4. The van der Waals surface area contributed by atoms with Crippen LogP contribution in [0.1, 0.15) is 157 Å². The van der Waals surface area contributed by atoms with Gasteiger partial charge in [0.15, 0.2) is 0 Å². The molecule has 1 aliphatic rings. The number of carbonyl (C=O) groups excluding carboxylic acids is 1. The van der Waals surface area contributed by atoms with Crippen LogP contribution in [-0.4, -0.2) is 24.7 Å². The Labute approximate surface area is 202 Å². The highest BCUT2D eigenvalue weighted by molar-refractivity contribution is 5.69. The van der Waals surface area contributed by atoms with Crippen molar-refractivity contribution in [2.45, 2.75) is 169 Å². The Morgan fingerprint density at radius 1 is 0.875 bits per heavy atom. The van der Waals surface area contributed by atoms with Crippen LogP contribution in [0.25, 0.3) is 0 Å². The van der Waals surface area contributed by atoms with Crippen molar-refractivity contribution >= 4 is 5.97 Å². The van der Waals surface area contributed by atoms with E-state index >= 15 is 0 Å². The van der Waals surface area contributed by atoms with Gasteiger partial charge >= 0.3 is 5.97 Å². The molecule has 3 heteroatoms. The van der Waals surface area contributed by atoms with Crippen LogP contribution in [0, 0.1) is 5.41 Å². The van der Waals surface area contributed by atoms with Gasteiger partial charge in [0.2, 0.25) is 0 Å². The molecule has 0 aliphatic carbocycles. The molecule has 1 N–H and O–H groups in total. The Morgan fingerprint density at radius 2 is 1.41 bits per heavy atom. The molecule has 0 bridgehead atoms. The minimum Gasteiger partial charge on any atom is -0.463 e. The molecule has 1 heterocycles. The van der Waals surface area contributed by atoms with Crippen LogP contribution in [0.3, 0.4) is 0 Å². The minimum atomic E-state index is -0.0394. The summed E-state index contributed by atoms with van der Waals surface area (Å²) < 4.78 is 5.18. The maximum atomic E-state index is 11.5. The second-order valence-electron chi connectivity index (χ2n) is 11.2. The van der Waals surface area contributed by atoms with Crippen molar-refractivity contribution in [3.8, 4) is 0 Å². The molecular formula is C29H59NO2. The maximum Gasteiger partial charge on any atom is 0.306 e. The van der Waals surface area contributed by atoms with E-state index in [0.717, 1.165) is 18.9 Å². The fraction of sp³-hybridized carbons (Fsp3) is 0.966. The molecule has 32 heavy (non-hydrogen) atoms. The maximum absolute atomic E-state index is 11.5. The Kier molecular flexibility index (Phi) is 20.6. The fourth-order valence-corrected chi connectivity index (χ4v) is 4.44. The van der Waals surface area contributed by atoms with Gasteiger partial charge in [0.05, 0.1) is 6.10 Å². The van der Waals surface area contributed by atoms with E-state index in [1.54, 1.807) is 0 Å². The predicted octanol–water partition coefficient (Wildman–Crippen LogP) is 8.98. The van der Waals surface area contributed by atoms with Crippen molar-refractivity contribution in [3.63, 3.8) is 0 Å². The van der Waals surface area contributed by atoms with Crippen LogP contribution in [0.5, 0.6) is 0 Å². The summed E-state index contributed by atoms with van der Waals surface area (Å²) in [5, 5.41) is 3.38. The first-order chi connectivity index (χ1) is 15.3. The van der Waals surface area contributed by atoms with E-state index < -0.39 is 0 Å². The summed E-state index contributed by atoms with van der Waals surface area (Å²) >= 11 is 0. The first-order valence-corrected chi connectivity index (χ1v) is 14.2. The Hall–Kier alpha value is -0.570. The Morgan fingerprint density at radius 3 is 1.84 bits per heavy atom.